The summed E-state index contributed by atoms with van der Waals surface area (Å²) in [6, 6.07) is 5.24. The lowest BCUT2D eigenvalue weighted by atomic mass is 10.0. The van der Waals surface area contributed by atoms with Crippen molar-refractivity contribution in [3.63, 3.8) is 0 Å². The zero-order valence-corrected chi connectivity index (χ0v) is 16.9. The molecule has 2 aliphatic rings. The molecular weight excluding hydrogens is 384 g/mol. The maximum Gasteiger partial charge on any atom is 0.264 e. The number of likely N-dealkylation sites (N-methyl/N-ethyl adjacent to an activating group) is 1. The van der Waals surface area contributed by atoms with Gasteiger partial charge in [0, 0.05) is 24.9 Å². The van der Waals surface area contributed by atoms with E-state index in [0.717, 1.165) is 26.2 Å². The number of amides is 2. The number of benzene rings is 1. The number of halogens is 1. The van der Waals surface area contributed by atoms with Gasteiger partial charge in [0.15, 0.2) is 0 Å². The summed E-state index contributed by atoms with van der Waals surface area (Å²) in [4.78, 5) is 33.1. The lowest BCUT2D eigenvalue weighted by Crippen LogP contribution is -3.12. The van der Waals surface area contributed by atoms with Gasteiger partial charge in [-0.1, -0.05) is 16.8 Å². The number of carbonyl (C=O) groups is 2. The largest absolute Gasteiger partial charge is 0.497 e. The van der Waals surface area contributed by atoms with Gasteiger partial charge >= 0.3 is 0 Å². The number of hydrogen-bond acceptors (Lipinski definition) is 5. The van der Waals surface area contributed by atoms with Crippen LogP contribution in [-0.2, 0) is 14.4 Å². The molecule has 0 aliphatic carbocycles. The number of ether oxygens (including phenoxy) is 1. The second-order valence-electron chi connectivity index (χ2n) is 7.06. The van der Waals surface area contributed by atoms with Gasteiger partial charge in [0.05, 0.1) is 51.1 Å². The first-order valence-corrected chi connectivity index (χ1v) is 9.79. The quantitative estimate of drug-likeness (QED) is 0.676. The zero-order chi connectivity index (χ0) is 20.1. The molecule has 0 aromatic heterocycles. The highest BCUT2D eigenvalue weighted by molar-refractivity contribution is 6.34. The normalized spacial score (nSPS) is 19.8. The summed E-state index contributed by atoms with van der Waals surface area (Å²) < 4.78 is 5.20. The first kappa shape index (κ1) is 20.4. The summed E-state index contributed by atoms with van der Waals surface area (Å²) in [5, 5.41) is 7.29. The lowest BCUT2D eigenvalue weighted by Gasteiger charge is -2.30. The minimum Gasteiger partial charge on any atom is -0.497 e. The van der Waals surface area contributed by atoms with Crippen molar-refractivity contribution in [2.75, 3.05) is 46.9 Å². The fraction of sp³-hybridized carbons (Fsp3) is 0.526. The number of methoxy groups -OCH3 is 1. The van der Waals surface area contributed by atoms with Gasteiger partial charge in [0.1, 0.15) is 5.75 Å². The minimum absolute atomic E-state index is 0.0697. The van der Waals surface area contributed by atoms with E-state index in [1.165, 1.54) is 4.90 Å². The Morgan fingerprint density at radius 1 is 1.39 bits per heavy atom. The minimum atomic E-state index is -0.723. The number of rotatable bonds is 6. The Morgan fingerprint density at radius 3 is 2.86 bits per heavy atom. The van der Waals surface area contributed by atoms with E-state index in [1.807, 2.05) is 4.90 Å². The first-order chi connectivity index (χ1) is 13.5. The Bertz CT molecular complexity index is 762. The molecule has 152 valence electrons. The van der Waals surface area contributed by atoms with Crippen LogP contribution >= 0.6 is 11.6 Å². The summed E-state index contributed by atoms with van der Waals surface area (Å²) in [5.74, 6) is 0.438. The molecule has 2 aliphatic heterocycles. The van der Waals surface area contributed by atoms with E-state index in [0.29, 0.717) is 28.5 Å². The van der Waals surface area contributed by atoms with Crippen LogP contribution in [0.3, 0.4) is 0 Å². The van der Waals surface area contributed by atoms with Gasteiger partial charge < -0.3 is 24.7 Å². The molecule has 8 nitrogen and oxygen atoms in total. The van der Waals surface area contributed by atoms with E-state index in [2.05, 4.69) is 17.5 Å². The fourth-order valence-electron chi connectivity index (χ4n) is 3.23. The van der Waals surface area contributed by atoms with Crippen molar-refractivity contribution in [1.29, 1.82) is 0 Å². The van der Waals surface area contributed by atoms with Crippen molar-refractivity contribution in [3.8, 4) is 5.75 Å². The van der Waals surface area contributed by atoms with Crippen LogP contribution in [0.15, 0.2) is 23.4 Å². The monoisotopic (exact) mass is 409 g/mol. The molecule has 2 N–H and O–H groups in total. The maximum absolute atomic E-state index is 12.3. The second kappa shape index (κ2) is 9.25. The molecule has 28 heavy (non-hydrogen) atoms. The van der Waals surface area contributed by atoms with Crippen LogP contribution in [0.2, 0.25) is 5.02 Å². The van der Waals surface area contributed by atoms with Crippen LogP contribution in [-0.4, -0.2) is 75.4 Å². The number of nitrogens with zero attached hydrogens (tertiary/aromatic N) is 2. The number of nitrogens with one attached hydrogen (secondary N) is 2. The third-order valence-corrected chi connectivity index (χ3v) is 5.38. The number of hydrogen-bond donors (Lipinski definition) is 2. The molecule has 0 saturated carbocycles. The molecule has 1 saturated heterocycles. The predicted octanol–water partition coefficient (Wildman–Crippen LogP) is -0.295. The van der Waals surface area contributed by atoms with Crippen LogP contribution in [0.25, 0.3) is 0 Å². The van der Waals surface area contributed by atoms with Crippen LogP contribution in [0.5, 0.6) is 5.75 Å². The topological polar surface area (TPSA) is 84.7 Å². The summed E-state index contributed by atoms with van der Waals surface area (Å²) in [5.41, 5.74) is 1.28. The molecule has 0 spiro atoms. The van der Waals surface area contributed by atoms with Gasteiger partial charge in [0.2, 0.25) is 12.0 Å². The molecular formula is C19H26ClN4O4+. The van der Waals surface area contributed by atoms with Gasteiger partial charge in [0.25, 0.3) is 5.91 Å². The number of oxime groups is 1. The Morgan fingerprint density at radius 2 is 2.14 bits per heavy atom. The molecule has 0 unspecified atom stereocenters. The average Bonchev–Trinajstić information content (AvgIpc) is 3.19. The van der Waals surface area contributed by atoms with Gasteiger partial charge in [-0.05, 0) is 18.2 Å². The number of carbonyl (C=O) groups excluding carboxylic acids is 2. The van der Waals surface area contributed by atoms with Crippen molar-refractivity contribution in [3.05, 3.63) is 28.8 Å². The van der Waals surface area contributed by atoms with Crippen molar-refractivity contribution in [2.24, 2.45) is 5.16 Å². The molecule has 0 radical (unpaired) electrons. The molecule has 9 heteroatoms. The van der Waals surface area contributed by atoms with Crippen LogP contribution < -0.4 is 15.0 Å². The van der Waals surface area contributed by atoms with E-state index in [9.17, 15) is 9.59 Å². The van der Waals surface area contributed by atoms with Gasteiger partial charge in [-0.15, -0.1) is 0 Å². The van der Waals surface area contributed by atoms with E-state index in [4.69, 9.17) is 21.2 Å². The SMILES string of the molecule is COc1ccc(Cl)c(C2=NO[C@H](C(=O)NCCC(=O)N3CC[NH+](C)CC3)C2)c1. The Labute approximate surface area is 169 Å². The highest BCUT2D eigenvalue weighted by atomic mass is 35.5. The number of quaternary nitrogens is 1. The van der Waals surface area contributed by atoms with Crippen LogP contribution in [0.4, 0.5) is 0 Å². The van der Waals surface area contributed by atoms with E-state index in [1.54, 1.807) is 25.3 Å². The van der Waals surface area contributed by atoms with Crippen molar-refractivity contribution < 1.29 is 24.1 Å². The Hall–Kier alpha value is -2.32. The number of piperazine rings is 1. The standard InChI is InChI=1S/C19H25ClN4O4/c1-23-7-9-24(10-8-23)18(25)5-6-21-19(26)17-12-16(22-28-17)14-11-13(27-2)3-4-15(14)20/h3-4,11,17H,5-10,12H2,1-2H3,(H,21,26)/p+1/t17-/m0/s1. The summed E-state index contributed by atoms with van der Waals surface area (Å²) in [6.45, 7) is 3.74. The predicted molar refractivity (Wildman–Crippen MR) is 105 cm³/mol. The highest BCUT2D eigenvalue weighted by Gasteiger charge is 2.30. The zero-order valence-electron chi connectivity index (χ0n) is 16.2. The summed E-state index contributed by atoms with van der Waals surface area (Å²) in [7, 11) is 3.69. The third kappa shape index (κ3) is 4.94. The first-order valence-electron chi connectivity index (χ1n) is 9.41. The van der Waals surface area contributed by atoms with Crippen molar-refractivity contribution >= 4 is 29.1 Å². The molecule has 3 rings (SSSR count). The average molecular weight is 410 g/mol. The third-order valence-electron chi connectivity index (χ3n) is 5.05. The van der Waals surface area contributed by atoms with Gasteiger partial charge in [-0.3, -0.25) is 9.59 Å². The van der Waals surface area contributed by atoms with Gasteiger partial charge in [-0.25, -0.2) is 0 Å². The Balaban J connectivity index is 1.45. The van der Waals surface area contributed by atoms with Gasteiger partial charge in [-0.2, -0.15) is 0 Å². The van der Waals surface area contributed by atoms with Crippen molar-refractivity contribution in [2.45, 2.75) is 18.9 Å². The van der Waals surface area contributed by atoms with Crippen LogP contribution in [0.1, 0.15) is 18.4 Å². The maximum atomic E-state index is 12.3. The molecule has 2 amide bonds. The molecule has 1 aromatic rings. The molecule has 1 aromatic carbocycles. The van der Waals surface area contributed by atoms with E-state index >= 15 is 0 Å². The van der Waals surface area contributed by atoms with E-state index < -0.39 is 6.10 Å². The molecule has 1 atom stereocenters. The summed E-state index contributed by atoms with van der Waals surface area (Å²) >= 11 is 6.23. The second-order valence-corrected chi connectivity index (χ2v) is 7.47. The van der Waals surface area contributed by atoms with E-state index in [-0.39, 0.29) is 24.8 Å². The molecule has 1 fully saturated rings. The van der Waals surface area contributed by atoms with Crippen LogP contribution in [0, 0.1) is 0 Å². The summed E-state index contributed by atoms with van der Waals surface area (Å²) in [6.07, 6.45) is -0.125. The smallest absolute Gasteiger partial charge is 0.264 e. The lowest BCUT2D eigenvalue weighted by molar-refractivity contribution is -0.883. The fourth-order valence-corrected chi connectivity index (χ4v) is 3.46. The Kier molecular flexibility index (Phi) is 6.74. The molecule has 2 heterocycles. The highest BCUT2D eigenvalue weighted by Crippen LogP contribution is 2.26. The molecule has 0 bridgehead atoms. The van der Waals surface area contributed by atoms with Crippen molar-refractivity contribution in [1.82, 2.24) is 10.2 Å².